The van der Waals surface area contributed by atoms with Gasteiger partial charge >= 0.3 is 0 Å². The zero-order chi connectivity index (χ0) is 10.6. The van der Waals surface area contributed by atoms with Gasteiger partial charge in [-0.15, -0.1) is 0 Å². The number of aryl methyl sites for hydroxylation is 1. The predicted octanol–water partition coefficient (Wildman–Crippen LogP) is 2.01. The van der Waals surface area contributed by atoms with Gasteiger partial charge < -0.3 is 5.32 Å². The molecule has 0 saturated heterocycles. The number of nitrogens with zero attached hydrogens (tertiary/aromatic N) is 1. The molecule has 0 atom stereocenters. The molecule has 1 rings (SSSR count). The van der Waals surface area contributed by atoms with Crippen LogP contribution >= 0.6 is 0 Å². The van der Waals surface area contributed by atoms with Gasteiger partial charge in [0.15, 0.2) is 6.54 Å². The number of hydrogen-bond donors (Lipinski definition) is 1. The van der Waals surface area contributed by atoms with E-state index in [0.29, 0.717) is 0 Å². The minimum atomic E-state index is -0.381. The second-order valence-electron chi connectivity index (χ2n) is 3.08. The van der Waals surface area contributed by atoms with E-state index in [0.717, 1.165) is 16.8 Å². The summed E-state index contributed by atoms with van der Waals surface area (Å²) < 4.78 is 0. The number of nitrogens with one attached hydrogen (secondary N) is 1. The Balaban J connectivity index is 2.81. The number of hydrogen-bond acceptors (Lipinski definition) is 3. The quantitative estimate of drug-likeness (QED) is 0.744. The van der Waals surface area contributed by atoms with Crippen molar-refractivity contribution < 1.29 is 4.79 Å². The first-order valence-corrected chi connectivity index (χ1v) is 4.30. The van der Waals surface area contributed by atoms with Gasteiger partial charge in [-0.3, -0.25) is 4.79 Å². The molecule has 0 aliphatic heterocycles. The van der Waals surface area contributed by atoms with E-state index in [1.54, 1.807) is 6.07 Å². The zero-order valence-corrected chi connectivity index (χ0v) is 8.20. The lowest BCUT2D eigenvalue weighted by molar-refractivity contribution is -0.114. The lowest BCUT2D eigenvalue weighted by Crippen LogP contribution is -2.15. The molecular formula is C10H12N2O2. The summed E-state index contributed by atoms with van der Waals surface area (Å²) in [6.07, 6.45) is 0. The highest BCUT2D eigenvalue weighted by Gasteiger charge is 2.04. The third kappa shape index (κ3) is 2.39. The second-order valence-corrected chi connectivity index (χ2v) is 3.08. The van der Waals surface area contributed by atoms with Gasteiger partial charge in [0.05, 0.1) is 0 Å². The Hall–Kier alpha value is -1.71. The Morgan fingerprint density at radius 2 is 2.14 bits per heavy atom. The Morgan fingerprint density at radius 1 is 1.43 bits per heavy atom. The first kappa shape index (κ1) is 10.4. The van der Waals surface area contributed by atoms with Crippen LogP contribution in [0.1, 0.15) is 11.1 Å². The molecule has 1 amide bonds. The van der Waals surface area contributed by atoms with E-state index in [1.165, 1.54) is 0 Å². The second kappa shape index (κ2) is 4.50. The molecule has 1 N–H and O–H groups in total. The fourth-order valence-corrected chi connectivity index (χ4v) is 1.13. The molecule has 4 heteroatoms. The summed E-state index contributed by atoms with van der Waals surface area (Å²) in [5.41, 5.74) is 2.84. The lowest BCUT2D eigenvalue weighted by Gasteiger charge is -2.08. The summed E-state index contributed by atoms with van der Waals surface area (Å²) >= 11 is 0. The van der Waals surface area contributed by atoms with E-state index in [1.807, 2.05) is 26.0 Å². The lowest BCUT2D eigenvalue weighted by atomic mass is 10.1. The first-order valence-electron chi connectivity index (χ1n) is 4.30. The van der Waals surface area contributed by atoms with E-state index in [2.05, 4.69) is 10.5 Å². The van der Waals surface area contributed by atoms with Crippen molar-refractivity contribution in [1.82, 2.24) is 0 Å². The van der Waals surface area contributed by atoms with Crippen molar-refractivity contribution >= 4 is 11.6 Å². The molecule has 0 radical (unpaired) electrons. The number of rotatable bonds is 3. The molecule has 0 saturated carbocycles. The van der Waals surface area contributed by atoms with E-state index in [-0.39, 0.29) is 12.5 Å². The molecule has 4 nitrogen and oxygen atoms in total. The van der Waals surface area contributed by atoms with Crippen LogP contribution in [0.5, 0.6) is 0 Å². The van der Waals surface area contributed by atoms with Crippen LogP contribution in [-0.4, -0.2) is 12.5 Å². The minimum Gasteiger partial charge on any atom is -0.324 e. The number of amides is 1. The Morgan fingerprint density at radius 3 is 2.79 bits per heavy atom. The third-order valence-corrected chi connectivity index (χ3v) is 2.09. The van der Waals surface area contributed by atoms with Crippen molar-refractivity contribution in [3.8, 4) is 0 Å². The molecule has 0 heterocycles. The normalized spacial score (nSPS) is 9.57. The molecule has 0 unspecified atom stereocenters. The minimum absolute atomic E-state index is 0.340. The molecule has 0 aromatic heterocycles. The molecule has 0 aliphatic rings. The van der Waals surface area contributed by atoms with Gasteiger partial charge in [-0.1, -0.05) is 17.3 Å². The first-order chi connectivity index (χ1) is 6.65. The van der Waals surface area contributed by atoms with E-state index in [9.17, 15) is 9.70 Å². The molecule has 0 aliphatic carbocycles. The highest BCUT2D eigenvalue weighted by atomic mass is 16.3. The van der Waals surface area contributed by atoms with Crippen LogP contribution in [-0.2, 0) is 4.79 Å². The monoisotopic (exact) mass is 192 g/mol. The summed E-state index contributed by atoms with van der Waals surface area (Å²) in [6.45, 7) is 3.54. The highest BCUT2D eigenvalue weighted by Crippen LogP contribution is 2.17. The molecule has 1 aromatic rings. The van der Waals surface area contributed by atoms with Gasteiger partial charge in [-0.05, 0) is 31.0 Å². The molecule has 0 fully saturated rings. The van der Waals surface area contributed by atoms with Crippen molar-refractivity contribution in [2.45, 2.75) is 13.8 Å². The van der Waals surface area contributed by atoms with Crippen molar-refractivity contribution in [2.75, 3.05) is 11.9 Å². The van der Waals surface area contributed by atoms with Gasteiger partial charge in [0, 0.05) is 5.69 Å². The number of carbonyl (C=O) groups is 1. The van der Waals surface area contributed by atoms with Gasteiger partial charge in [0.2, 0.25) is 5.91 Å². The Bertz CT molecular complexity index is 361. The summed E-state index contributed by atoms with van der Waals surface area (Å²) in [5.74, 6) is -0.381. The van der Waals surface area contributed by atoms with Crippen molar-refractivity contribution in [1.29, 1.82) is 0 Å². The fourth-order valence-electron chi connectivity index (χ4n) is 1.13. The average Bonchev–Trinajstić information content (AvgIpc) is 2.13. The van der Waals surface area contributed by atoms with E-state index < -0.39 is 0 Å². The standard InChI is InChI=1S/C10H12N2O2/c1-7-4-3-5-9(8(7)2)12-10(13)6-11-14/h3-5H,6H2,1-2H3,(H,12,13). The maximum Gasteiger partial charge on any atom is 0.249 e. The topological polar surface area (TPSA) is 58.5 Å². The van der Waals surface area contributed by atoms with Crippen molar-refractivity contribution in [3.63, 3.8) is 0 Å². The molecule has 14 heavy (non-hydrogen) atoms. The van der Waals surface area contributed by atoms with E-state index >= 15 is 0 Å². The third-order valence-electron chi connectivity index (χ3n) is 2.09. The van der Waals surface area contributed by atoms with Crippen molar-refractivity contribution in [3.05, 3.63) is 34.2 Å². The largest absolute Gasteiger partial charge is 0.324 e. The van der Waals surface area contributed by atoms with Crippen LogP contribution in [0.3, 0.4) is 0 Å². The molecule has 74 valence electrons. The smallest absolute Gasteiger partial charge is 0.249 e. The summed E-state index contributed by atoms with van der Waals surface area (Å²) in [5, 5.41) is 5.14. The van der Waals surface area contributed by atoms with Gasteiger partial charge in [0.1, 0.15) is 0 Å². The average molecular weight is 192 g/mol. The van der Waals surface area contributed by atoms with Crippen molar-refractivity contribution in [2.24, 2.45) is 5.18 Å². The SMILES string of the molecule is Cc1cccc(NC(=O)CN=O)c1C. The van der Waals surface area contributed by atoms with E-state index in [4.69, 9.17) is 0 Å². The number of nitroso groups, excluding NO2 is 1. The number of carbonyl (C=O) groups excluding carboxylic acids is 1. The summed E-state index contributed by atoms with van der Waals surface area (Å²) in [6, 6.07) is 5.61. The number of anilines is 1. The Labute approximate surface area is 82.3 Å². The predicted molar refractivity (Wildman–Crippen MR) is 55.2 cm³/mol. The van der Waals surface area contributed by atoms with Crippen LogP contribution in [0.15, 0.2) is 23.4 Å². The molecule has 0 spiro atoms. The summed E-state index contributed by atoms with van der Waals surface area (Å²) in [7, 11) is 0. The fraction of sp³-hybridized carbons (Fsp3) is 0.300. The van der Waals surface area contributed by atoms with Crippen LogP contribution in [0.4, 0.5) is 5.69 Å². The molecule has 1 aromatic carbocycles. The van der Waals surface area contributed by atoms with Gasteiger partial charge in [-0.25, -0.2) is 0 Å². The van der Waals surface area contributed by atoms with Crippen LogP contribution in [0.2, 0.25) is 0 Å². The maximum absolute atomic E-state index is 11.1. The Kier molecular flexibility index (Phi) is 3.34. The molecule has 0 bridgehead atoms. The maximum atomic E-state index is 11.1. The number of benzene rings is 1. The molecular weight excluding hydrogens is 180 g/mol. The zero-order valence-electron chi connectivity index (χ0n) is 8.20. The highest BCUT2D eigenvalue weighted by molar-refractivity contribution is 5.93. The van der Waals surface area contributed by atoms with Gasteiger partial charge in [-0.2, -0.15) is 4.91 Å². The van der Waals surface area contributed by atoms with Crippen LogP contribution < -0.4 is 5.32 Å². The van der Waals surface area contributed by atoms with Crippen LogP contribution in [0, 0.1) is 18.8 Å². The van der Waals surface area contributed by atoms with Crippen LogP contribution in [0.25, 0.3) is 0 Å². The van der Waals surface area contributed by atoms with Gasteiger partial charge in [0.25, 0.3) is 0 Å². The summed E-state index contributed by atoms with van der Waals surface area (Å²) in [4.78, 5) is 20.9.